The summed E-state index contributed by atoms with van der Waals surface area (Å²) in [6.45, 7) is -0.265. The SMILES string of the molecule is COc1ccc(/C=C2\Oc3c(ccc4c3C(c3cccc(OCC(N)=O)c3)CC(=O)O4)C2=O)cc1. The van der Waals surface area contributed by atoms with E-state index in [1.54, 1.807) is 55.7 Å². The Kier molecular flexibility index (Phi) is 5.70. The fraction of sp³-hybridized carbons (Fsp3) is 0.148. The number of carbonyl (C=O) groups is 3. The van der Waals surface area contributed by atoms with Gasteiger partial charge in [0.25, 0.3) is 5.91 Å². The second-order valence-corrected chi connectivity index (χ2v) is 8.13. The van der Waals surface area contributed by atoms with Crippen molar-refractivity contribution in [3.05, 3.63) is 88.7 Å². The molecule has 5 rings (SSSR count). The summed E-state index contributed by atoms with van der Waals surface area (Å²) >= 11 is 0. The van der Waals surface area contributed by atoms with Crippen LogP contribution in [-0.4, -0.2) is 31.4 Å². The van der Waals surface area contributed by atoms with Crippen LogP contribution in [0.5, 0.6) is 23.0 Å². The Hall–Kier alpha value is -4.59. The maximum Gasteiger partial charge on any atom is 0.312 e. The molecule has 0 saturated heterocycles. The molecule has 2 aliphatic heterocycles. The molecule has 0 aromatic heterocycles. The topological polar surface area (TPSA) is 114 Å². The molecule has 1 unspecified atom stereocenters. The van der Waals surface area contributed by atoms with E-state index >= 15 is 0 Å². The maximum absolute atomic E-state index is 13.1. The van der Waals surface area contributed by atoms with Crippen molar-refractivity contribution in [2.75, 3.05) is 13.7 Å². The predicted octanol–water partition coefficient (Wildman–Crippen LogP) is 3.62. The minimum absolute atomic E-state index is 0.0534. The first-order valence-corrected chi connectivity index (χ1v) is 10.9. The molecular weight excluding hydrogens is 450 g/mol. The minimum Gasteiger partial charge on any atom is -0.497 e. The highest BCUT2D eigenvalue weighted by atomic mass is 16.5. The number of amides is 1. The number of Topliss-reactive ketones (excluding diaryl/α,β-unsaturated/α-hetero) is 1. The van der Waals surface area contributed by atoms with Crippen LogP contribution in [0.2, 0.25) is 0 Å². The highest BCUT2D eigenvalue weighted by Gasteiger charge is 2.38. The first-order valence-electron chi connectivity index (χ1n) is 10.9. The lowest BCUT2D eigenvalue weighted by Gasteiger charge is -2.26. The van der Waals surface area contributed by atoms with Crippen LogP contribution in [-0.2, 0) is 9.59 Å². The van der Waals surface area contributed by atoms with Crippen LogP contribution in [0.1, 0.15) is 39.4 Å². The number of benzene rings is 3. The molecule has 0 radical (unpaired) electrons. The van der Waals surface area contributed by atoms with Gasteiger partial charge in [0.05, 0.1) is 19.1 Å². The fourth-order valence-electron chi connectivity index (χ4n) is 4.22. The van der Waals surface area contributed by atoms with Gasteiger partial charge in [0.1, 0.15) is 23.0 Å². The maximum atomic E-state index is 13.1. The smallest absolute Gasteiger partial charge is 0.312 e. The molecule has 0 saturated carbocycles. The molecule has 1 amide bonds. The van der Waals surface area contributed by atoms with Crippen LogP contribution in [0.4, 0.5) is 0 Å². The molecule has 0 fully saturated rings. The zero-order valence-electron chi connectivity index (χ0n) is 18.8. The summed E-state index contributed by atoms with van der Waals surface area (Å²) in [7, 11) is 1.58. The molecule has 8 heteroatoms. The third kappa shape index (κ3) is 4.33. The summed E-state index contributed by atoms with van der Waals surface area (Å²) < 4.78 is 22.2. The monoisotopic (exact) mass is 471 g/mol. The number of hydrogen-bond acceptors (Lipinski definition) is 7. The van der Waals surface area contributed by atoms with Crippen molar-refractivity contribution in [2.45, 2.75) is 12.3 Å². The van der Waals surface area contributed by atoms with Crippen LogP contribution >= 0.6 is 0 Å². The number of rotatable bonds is 6. The molecular formula is C27H21NO7. The average Bonchev–Trinajstić information content (AvgIpc) is 3.17. The lowest BCUT2D eigenvalue weighted by atomic mass is 9.84. The van der Waals surface area contributed by atoms with Crippen molar-refractivity contribution in [1.82, 2.24) is 0 Å². The standard InChI is InChI=1S/C27H21NO7/c1-32-17-7-5-15(6-8-17)11-22-26(31)19-9-10-21-25(27(19)35-22)20(13-24(30)34-21)16-3-2-4-18(12-16)33-14-23(28)29/h2-12,20H,13-14H2,1H3,(H2,28,29)/b22-11-. The minimum atomic E-state index is -0.595. The van der Waals surface area contributed by atoms with E-state index in [9.17, 15) is 14.4 Å². The summed E-state index contributed by atoms with van der Waals surface area (Å²) in [5.41, 5.74) is 7.71. The largest absolute Gasteiger partial charge is 0.497 e. The van der Waals surface area contributed by atoms with Crippen LogP contribution < -0.4 is 24.7 Å². The molecule has 1 atom stereocenters. The third-order valence-electron chi connectivity index (χ3n) is 5.83. The number of nitrogens with two attached hydrogens (primary N) is 1. The third-order valence-corrected chi connectivity index (χ3v) is 5.83. The van der Waals surface area contributed by atoms with Crippen LogP contribution in [0.15, 0.2) is 66.4 Å². The van der Waals surface area contributed by atoms with Crippen LogP contribution in [0, 0.1) is 0 Å². The van der Waals surface area contributed by atoms with Crippen molar-refractivity contribution < 1.29 is 33.3 Å². The Morgan fingerprint density at radius 2 is 1.86 bits per heavy atom. The van der Waals surface area contributed by atoms with Gasteiger partial charge in [-0.25, -0.2) is 0 Å². The van der Waals surface area contributed by atoms with Gasteiger partial charge < -0.3 is 24.7 Å². The number of esters is 1. The number of hydrogen-bond donors (Lipinski definition) is 1. The van der Waals surface area contributed by atoms with Gasteiger partial charge in [0, 0.05) is 11.5 Å². The Balaban J connectivity index is 1.53. The summed E-state index contributed by atoms with van der Waals surface area (Å²) in [6, 6.07) is 17.5. The lowest BCUT2D eigenvalue weighted by molar-refractivity contribution is -0.135. The molecule has 0 bridgehead atoms. The number of ketones is 1. The van der Waals surface area contributed by atoms with Crippen molar-refractivity contribution in [1.29, 1.82) is 0 Å². The van der Waals surface area contributed by atoms with Crippen molar-refractivity contribution in [3.63, 3.8) is 0 Å². The summed E-state index contributed by atoms with van der Waals surface area (Å²) in [5.74, 6) is 0.334. The number of methoxy groups -OCH3 is 1. The number of fused-ring (bicyclic) bond motifs is 3. The average molecular weight is 471 g/mol. The second-order valence-electron chi connectivity index (χ2n) is 8.13. The predicted molar refractivity (Wildman–Crippen MR) is 126 cm³/mol. The lowest BCUT2D eigenvalue weighted by Crippen LogP contribution is -2.22. The Morgan fingerprint density at radius 3 is 2.60 bits per heavy atom. The summed E-state index contributed by atoms with van der Waals surface area (Å²) in [4.78, 5) is 36.6. The van der Waals surface area contributed by atoms with Gasteiger partial charge in [-0.3, -0.25) is 14.4 Å². The molecule has 2 N–H and O–H groups in total. The van der Waals surface area contributed by atoms with Crippen LogP contribution in [0.25, 0.3) is 6.08 Å². The zero-order chi connectivity index (χ0) is 24.5. The van der Waals surface area contributed by atoms with Gasteiger partial charge >= 0.3 is 5.97 Å². The van der Waals surface area contributed by atoms with Crippen molar-refractivity contribution in [2.24, 2.45) is 5.73 Å². The van der Waals surface area contributed by atoms with Gasteiger partial charge in [-0.1, -0.05) is 24.3 Å². The number of ether oxygens (including phenoxy) is 4. The Labute approximate surface area is 200 Å². The molecule has 35 heavy (non-hydrogen) atoms. The molecule has 2 aliphatic rings. The first-order chi connectivity index (χ1) is 16.9. The van der Waals surface area contributed by atoms with E-state index in [0.717, 1.165) is 11.1 Å². The summed E-state index contributed by atoms with van der Waals surface area (Å²) in [6.07, 6.45) is 1.72. The quantitative estimate of drug-likeness (QED) is 0.332. The Morgan fingerprint density at radius 1 is 1.06 bits per heavy atom. The molecule has 3 aromatic carbocycles. The fourth-order valence-corrected chi connectivity index (χ4v) is 4.22. The van der Waals surface area contributed by atoms with Gasteiger partial charge in [0.2, 0.25) is 5.78 Å². The molecule has 3 aromatic rings. The van der Waals surface area contributed by atoms with E-state index in [-0.39, 0.29) is 24.6 Å². The first kappa shape index (κ1) is 22.2. The normalized spacial score (nSPS) is 17.3. The zero-order valence-corrected chi connectivity index (χ0v) is 18.8. The number of primary amides is 1. The molecule has 176 valence electrons. The van der Waals surface area contributed by atoms with Gasteiger partial charge in [-0.2, -0.15) is 0 Å². The summed E-state index contributed by atoms with van der Waals surface area (Å²) in [5, 5.41) is 0. The van der Waals surface area contributed by atoms with Crippen molar-refractivity contribution in [3.8, 4) is 23.0 Å². The van der Waals surface area contributed by atoms with Gasteiger partial charge in [-0.05, 0) is 53.6 Å². The highest BCUT2D eigenvalue weighted by molar-refractivity contribution is 6.15. The van der Waals surface area contributed by atoms with Crippen LogP contribution in [0.3, 0.4) is 0 Å². The number of allylic oxidation sites excluding steroid dienone is 1. The van der Waals surface area contributed by atoms with E-state index < -0.39 is 17.8 Å². The van der Waals surface area contributed by atoms with E-state index in [1.807, 2.05) is 18.2 Å². The van der Waals surface area contributed by atoms with E-state index in [0.29, 0.717) is 34.1 Å². The van der Waals surface area contributed by atoms with E-state index in [2.05, 4.69) is 0 Å². The Bertz CT molecular complexity index is 1370. The second kappa shape index (κ2) is 8.98. The van der Waals surface area contributed by atoms with E-state index in [4.69, 9.17) is 24.7 Å². The highest BCUT2D eigenvalue weighted by Crippen LogP contribution is 2.49. The number of carbonyl (C=O) groups excluding carboxylic acids is 3. The molecule has 8 nitrogen and oxygen atoms in total. The molecule has 0 aliphatic carbocycles. The molecule has 0 spiro atoms. The molecule has 2 heterocycles. The van der Waals surface area contributed by atoms with E-state index in [1.165, 1.54) is 0 Å². The van der Waals surface area contributed by atoms with Gasteiger partial charge in [-0.15, -0.1) is 0 Å². The van der Waals surface area contributed by atoms with Crippen molar-refractivity contribution >= 4 is 23.7 Å². The van der Waals surface area contributed by atoms with Gasteiger partial charge in [0.15, 0.2) is 12.4 Å².